The zero-order valence-corrected chi connectivity index (χ0v) is 24.4. The number of alkyl halides is 1. The first-order chi connectivity index (χ1) is 17.3. The molecule has 0 saturated carbocycles. The van der Waals surface area contributed by atoms with Crippen molar-refractivity contribution in [1.82, 2.24) is 10.2 Å². The first kappa shape index (κ1) is 30.8. The second-order valence-corrected chi connectivity index (χ2v) is 11.7. The number of hydrogen-bond donors (Lipinski definition) is 2. The summed E-state index contributed by atoms with van der Waals surface area (Å²) in [6.45, 7) is 4.94. The van der Waals surface area contributed by atoms with E-state index in [-0.39, 0.29) is 24.4 Å². The molecule has 0 radical (unpaired) electrons. The number of carbonyl (C=O) groups is 1. The Bertz CT molecular complexity index is 881. The molecule has 4 rings (SSSR count). The number of aliphatic hydroxyl groups is 1. The molecule has 1 amide bonds. The molecule has 3 aliphatic rings. The van der Waals surface area contributed by atoms with Crippen LogP contribution in [-0.4, -0.2) is 90.2 Å². The fourth-order valence-corrected chi connectivity index (χ4v) is 6.51. The Kier molecular flexibility index (Phi) is 11.2. The highest BCUT2D eigenvalue weighted by molar-refractivity contribution is 7.99. The summed E-state index contributed by atoms with van der Waals surface area (Å²) in [6, 6.07) is 6.71. The fraction of sp³-hybridized carbons (Fsp3) is 0.731. The van der Waals surface area contributed by atoms with Crippen LogP contribution in [0.15, 0.2) is 24.3 Å². The van der Waals surface area contributed by atoms with Crippen LogP contribution in [0.3, 0.4) is 0 Å². The molecule has 10 atom stereocenters. The normalized spacial score (nSPS) is 35.3. The molecule has 210 valence electrons. The summed E-state index contributed by atoms with van der Waals surface area (Å²) >= 11 is 8.06. The number of likely N-dealkylation sites (tertiary alicyclic amines) is 1. The van der Waals surface area contributed by atoms with Crippen molar-refractivity contribution in [2.24, 2.45) is 5.92 Å². The molecule has 1 aromatic rings. The van der Waals surface area contributed by atoms with Gasteiger partial charge in [-0.3, -0.25) is 9.69 Å². The first-order valence-corrected chi connectivity index (χ1v) is 14.5. The fourth-order valence-electron chi connectivity index (χ4n) is 5.63. The maximum absolute atomic E-state index is 13.4. The molecule has 0 aliphatic carbocycles. The van der Waals surface area contributed by atoms with E-state index in [1.165, 1.54) is 11.8 Å². The number of benzene rings is 1. The third-order valence-corrected chi connectivity index (χ3v) is 8.65. The van der Waals surface area contributed by atoms with Gasteiger partial charge < -0.3 is 29.4 Å². The van der Waals surface area contributed by atoms with Gasteiger partial charge >= 0.3 is 0 Å². The molecule has 3 heterocycles. The lowest BCUT2D eigenvalue weighted by molar-refractivity contribution is -0.167. The van der Waals surface area contributed by atoms with Crippen molar-refractivity contribution < 1.29 is 28.8 Å². The summed E-state index contributed by atoms with van der Waals surface area (Å²) in [5.41, 5.74) is 0.276. The molecule has 1 unspecified atom stereocenters. The lowest BCUT2D eigenvalue weighted by atomic mass is 9.92. The third-order valence-electron chi connectivity index (χ3n) is 7.53. The average molecular weight is 580 g/mol. The molecule has 3 saturated heterocycles. The van der Waals surface area contributed by atoms with E-state index >= 15 is 0 Å². The van der Waals surface area contributed by atoms with Gasteiger partial charge in [0.1, 0.15) is 35.6 Å². The Hall–Kier alpha value is -0.780. The minimum Gasteiger partial charge on any atom is -0.497 e. The summed E-state index contributed by atoms with van der Waals surface area (Å²) in [6.07, 6.45) is 1.56. The molecular formula is C26H40Cl2N2O6S. The van der Waals surface area contributed by atoms with Crippen LogP contribution in [0, 0.1) is 5.92 Å². The van der Waals surface area contributed by atoms with Gasteiger partial charge in [-0.1, -0.05) is 25.5 Å². The zero-order valence-electron chi connectivity index (χ0n) is 22.0. The number of fused-ring (bicyclic) bond motifs is 1. The maximum atomic E-state index is 13.4. The quantitative estimate of drug-likeness (QED) is 0.430. The van der Waals surface area contributed by atoms with Gasteiger partial charge in [0.15, 0.2) is 6.29 Å². The SMILES string of the molecule is CCC[C@@H]1C[C@@H](C(=O)N[C@@H]([C@H]2O[C@H](SC)[C@H](O)[C@H]3OC(c4ccc(OC)cc4)O[C@H]32)[C@H](C)Cl)N(C)C1.Cl. The van der Waals surface area contributed by atoms with Crippen molar-refractivity contribution in [1.29, 1.82) is 0 Å². The first-order valence-electron chi connectivity index (χ1n) is 12.7. The summed E-state index contributed by atoms with van der Waals surface area (Å²) in [5.74, 6) is 1.20. The Morgan fingerprint density at radius 2 is 1.95 bits per heavy atom. The second kappa shape index (κ2) is 13.5. The van der Waals surface area contributed by atoms with E-state index in [0.29, 0.717) is 5.92 Å². The zero-order chi connectivity index (χ0) is 26.0. The number of methoxy groups -OCH3 is 1. The molecule has 3 fully saturated rings. The highest BCUT2D eigenvalue weighted by Crippen LogP contribution is 2.42. The van der Waals surface area contributed by atoms with Crippen LogP contribution in [-0.2, 0) is 19.0 Å². The van der Waals surface area contributed by atoms with E-state index < -0.39 is 47.6 Å². The molecule has 8 nitrogen and oxygen atoms in total. The molecule has 11 heteroatoms. The van der Waals surface area contributed by atoms with Crippen molar-refractivity contribution in [3.8, 4) is 5.75 Å². The molecule has 37 heavy (non-hydrogen) atoms. The number of aliphatic hydroxyl groups excluding tert-OH is 1. The molecule has 3 aliphatic heterocycles. The van der Waals surface area contributed by atoms with Gasteiger partial charge in [-0.2, -0.15) is 0 Å². The van der Waals surface area contributed by atoms with Crippen LogP contribution in [0.2, 0.25) is 0 Å². The van der Waals surface area contributed by atoms with Crippen LogP contribution < -0.4 is 10.1 Å². The van der Waals surface area contributed by atoms with Crippen LogP contribution in [0.25, 0.3) is 0 Å². The van der Waals surface area contributed by atoms with Crippen LogP contribution in [0.1, 0.15) is 45.0 Å². The molecule has 0 spiro atoms. The third kappa shape index (κ3) is 6.69. The van der Waals surface area contributed by atoms with Crippen LogP contribution in [0.4, 0.5) is 0 Å². The maximum Gasteiger partial charge on any atom is 0.237 e. The second-order valence-electron chi connectivity index (χ2n) is 10.1. The number of thioether (sulfide) groups is 1. The summed E-state index contributed by atoms with van der Waals surface area (Å²) in [4.78, 5) is 15.5. The number of amides is 1. The topological polar surface area (TPSA) is 89.5 Å². The molecule has 0 bridgehead atoms. The number of rotatable bonds is 9. The van der Waals surface area contributed by atoms with Gasteiger partial charge in [-0.05, 0) is 51.1 Å². The number of likely N-dealkylation sites (N-methyl/N-ethyl adjacent to an activating group) is 1. The van der Waals surface area contributed by atoms with Gasteiger partial charge in [-0.25, -0.2) is 0 Å². The minimum atomic E-state index is -0.887. The van der Waals surface area contributed by atoms with Crippen molar-refractivity contribution in [2.75, 3.05) is 27.0 Å². The predicted octanol–water partition coefficient (Wildman–Crippen LogP) is 3.58. The van der Waals surface area contributed by atoms with Crippen LogP contribution >= 0.6 is 35.8 Å². The van der Waals surface area contributed by atoms with Gasteiger partial charge in [0.05, 0.1) is 24.6 Å². The lowest BCUT2D eigenvalue weighted by Crippen LogP contribution is -2.64. The minimum absolute atomic E-state index is 0. The summed E-state index contributed by atoms with van der Waals surface area (Å²) in [5, 5.41) is 13.7. The number of halogens is 2. The largest absolute Gasteiger partial charge is 0.497 e. The lowest BCUT2D eigenvalue weighted by Gasteiger charge is -2.43. The average Bonchev–Trinajstić information content (AvgIpc) is 3.47. The van der Waals surface area contributed by atoms with Gasteiger partial charge in [0.25, 0.3) is 0 Å². The van der Waals surface area contributed by atoms with Crippen molar-refractivity contribution in [3.63, 3.8) is 0 Å². The monoisotopic (exact) mass is 578 g/mol. The molecular weight excluding hydrogens is 539 g/mol. The Labute approximate surface area is 235 Å². The van der Waals surface area contributed by atoms with Gasteiger partial charge in [-0.15, -0.1) is 35.8 Å². The van der Waals surface area contributed by atoms with Crippen LogP contribution in [0.5, 0.6) is 5.75 Å². The summed E-state index contributed by atoms with van der Waals surface area (Å²) < 4.78 is 24.1. The van der Waals surface area contributed by atoms with E-state index in [1.54, 1.807) is 7.11 Å². The molecule has 1 aromatic carbocycles. The number of nitrogens with zero attached hydrogens (tertiary/aromatic N) is 1. The van der Waals surface area contributed by atoms with Crippen molar-refractivity contribution in [2.45, 2.75) is 86.7 Å². The van der Waals surface area contributed by atoms with Gasteiger partial charge in [0, 0.05) is 12.1 Å². The van der Waals surface area contributed by atoms with E-state index in [2.05, 4.69) is 17.1 Å². The Balaban J connectivity index is 0.00000380. The van der Waals surface area contributed by atoms with E-state index in [4.69, 9.17) is 30.5 Å². The number of nitrogens with one attached hydrogen (secondary N) is 1. The van der Waals surface area contributed by atoms with E-state index in [0.717, 1.165) is 37.1 Å². The highest BCUT2D eigenvalue weighted by atomic mass is 35.5. The van der Waals surface area contributed by atoms with E-state index in [1.807, 2.05) is 44.5 Å². The van der Waals surface area contributed by atoms with Crippen molar-refractivity contribution in [3.05, 3.63) is 29.8 Å². The van der Waals surface area contributed by atoms with Gasteiger partial charge in [0.2, 0.25) is 5.91 Å². The number of ether oxygens (including phenoxy) is 4. The molecule has 2 N–H and O–H groups in total. The standard InChI is InChI=1S/C26H39ClN2O6S.ClH/c1-6-7-15-12-18(29(3)13-15)24(31)28-19(14(2)27)21-23-22(20(30)26(35-21)36-5)33-25(34-23)16-8-10-17(32-4)11-9-16;/h8-11,14-15,18-23,25-26,30H,6-7,12-13H2,1-5H3,(H,28,31);1H/t14-,15+,18-,19+,20+,21+,22+,23-,25?,26+;/m0./s1. The number of hydrogen-bond acceptors (Lipinski definition) is 8. The number of carbonyl (C=O) groups excluding carboxylic acids is 1. The highest BCUT2D eigenvalue weighted by Gasteiger charge is 2.55. The predicted molar refractivity (Wildman–Crippen MR) is 148 cm³/mol. The smallest absolute Gasteiger partial charge is 0.237 e. The Morgan fingerprint density at radius 1 is 1.27 bits per heavy atom. The Morgan fingerprint density at radius 3 is 2.54 bits per heavy atom. The summed E-state index contributed by atoms with van der Waals surface area (Å²) in [7, 11) is 3.61. The van der Waals surface area contributed by atoms with E-state index in [9.17, 15) is 9.90 Å². The van der Waals surface area contributed by atoms with Crippen molar-refractivity contribution >= 4 is 41.7 Å². The molecule has 0 aromatic heterocycles.